The summed E-state index contributed by atoms with van der Waals surface area (Å²) in [6, 6.07) is 7.80. The SMILES string of the molecule is CCC1CCC(=O)N(Cc2ccc(N)cc2)CC1. The molecule has 1 aromatic carbocycles. The lowest BCUT2D eigenvalue weighted by Crippen LogP contribution is -2.29. The summed E-state index contributed by atoms with van der Waals surface area (Å²) in [5.41, 5.74) is 7.60. The first kappa shape index (κ1) is 12.9. The van der Waals surface area contributed by atoms with Crippen molar-refractivity contribution in [3.8, 4) is 0 Å². The molecule has 1 heterocycles. The van der Waals surface area contributed by atoms with Gasteiger partial charge in [0.2, 0.25) is 5.91 Å². The van der Waals surface area contributed by atoms with Crippen LogP contribution in [0, 0.1) is 5.92 Å². The van der Waals surface area contributed by atoms with E-state index in [9.17, 15) is 4.79 Å². The molecule has 0 bridgehead atoms. The topological polar surface area (TPSA) is 46.3 Å². The number of anilines is 1. The molecule has 0 saturated carbocycles. The van der Waals surface area contributed by atoms with Crippen LogP contribution in [0.5, 0.6) is 0 Å². The van der Waals surface area contributed by atoms with Crippen LogP contribution in [0.25, 0.3) is 0 Å². The fourth-order valence-corrected chi connectivity index (χ4v) is 2.51. The first-order valence-electron chi connectivity index (χ1n) is 6.81. The Labute approximate surface area is 109 Å². The molecular formula is C15H22N2O. The van der Waals surface area contributed by atoms with E-state index < -0.39 is 0 Å². The monoisotopic (exact) mass is 246 g/mol. The zero-order chi connectivity index (χ0) is 13.0. The lowest BCUT2D eigenvalue weighted by Gasteiger charge is -2.21. The third-order valence-electron chi connectivity index (χ3n) is 3.86. The van der Waals surface area contributed by atoms with Crippen LogP contribution in [0.2, 0.25) is 0 Å². The van der Waals surface area contributed by atoms with E-state index in [0.29, 0.717) is 18.2 Å². The molecule has 1 atom stereocenters. The number of amides is 1. The molecule has 0 radical (unpaired) electrons. The zero-order valence-electron chi connectivity index (χ0n) is 11.1. The van der Waals surface area contributed by atoms with E-state index in [4.69, 9.17) is 5.73 Å². The highest BCUT2D eigenvalue weighted by Gasteiger charge is 2.21. The average molecular weight is 246 g/mol. The van der Waals surface area contributed by atoms with Gasteiger partial charge in [0.15, 0.2) is 0 Å². The Hall–Kier alpha value is -1.51. The summed E-state index contributed by atoms with van der Waals surface area (Å²) in [6.45, 7) is 3.82. The fourth-order valence-electron chi connectivity index (χ4n) is 2.51. The minimum absolute atomic E-state index is 0.294. The van der Waals surface area contributed by atoms with E-state index in [1.54, 1.807) is 0 Å². The zero-order valence-corrected chi connectivity index (χ0v) is 11.1. The number of benzene rings is 1. The van der Waals surface area contributed by atoms with Crippen LogP contribution in [0.1, 0.15) is 38.2 Å². The minimum atomic E-state index is 0.294. The Morgan fingerprint density at radius 3 is 2.67 bits per heavy atom. The Morgan fingerprint density at radius 1 is 1.28 bits per heavy atom. The number of carbonyl (C=O) groups excluding carboxylic acids is 1. The maximum Gasteiger partial charge on any atom is 0.222 e. The Morgan fingerprint density at radius 2 is 2.00 bits per heavy atom. The molecule has 0 spiro atoms. The Kier molecular flexibility index (Phi) is 4.24. The van der Waals surface area contributed by atoms with Gasteiger partial charge in [0, 0.05) is 25.2 Å². The van der Waals surface area contributed by atoms with Crippen molar-refractivity contribution in [3.63, 3.8) is 0 Å². The van der Waals surface area contributed by atoms with Crippen molar-refractivity contribution in [2.75, 3.05) is 12.3 Å². The molecule has 1 aliphatic heterocycles. The Bertz CT molecular complexity index is 399. The van der Waals surface area contributed by atoms with Gasteiger partial charge in [0.05, 0.1) is 0 Å². The molecule has 3 nitrogen and oxygen atoms in total. The molecule has 2 N–H and O–H groups in total. The van der Waals surface area contributed by atoms with Gasteiger partial charge in [-0.15, -0.1) is 0 Å². The third kappa shape index (κ3) is 3.25. The molecule has 1 unspecified atom stereocenters. The second-order valence-corrected chi connectivity index (χ2v) is 5.16. The summed E-state index contributed by atoms with van der Waals surface area (Å²) >= 11 is 0. The van der Waals surface area contributed by atoms with Gasteiger partial charge in [0.1, 0.15) is 0 Å². The van der Waals surface area contributed by atoms with Gasteiger partial charge >= 0.3 is 0 Å². The molecule has 0 aliphatic carbocycles. The van der Waals surface area contributed by atoms with Crippen LogP contribution in [-0.4, -0.2) is 17.4 Å². The molecule has 1 aromatic rings. The van der Waals surface area contributed by atoms with E-state index in [1.807, 2.05) is 29.2 Å². The molecule has 0 aromatic heterocycles. The van der Waals surface area contributed by atoms with Crippen LogP contribution in [0.3, 0.4) is 0 Å². The molecule has 3 heteroatoms. The summed E-state index contributed by atoms with van der Waals surface area (Å²) in [7, 11) is 0. The van der Waals surface area contributed by atoms with Gasteiger partial charge in [0.25, 0.3) is 0 Å². The van der Waals surface area contributed by atoms with E-state index in [2.05, 4.69) is 6.92 Å². The van der Waals surface area contributed by atoms with Gasteiger partial charge in [-0.3, -0.25) is 4.79 Å². The van der Waals surface area contributed by atoms with Crippen molar-refractivity contribution >= 4 is 11.6 Å². The van der Waals surface area contributed by atoms with E-state index in [1.165, 1.54) is 6.42 Å². The Balaban J connectivity index is 1.99. The van der Waals surface area contributed by atoms with Crippen molar-refractivity contribution in [2.24, 2.45) is 5.92 Å². The number of nitrogen functional groups attached to an aromatic ring is 1. The van der Waals surface area contributed by atoms with Crippen LogP contribution in [-0.2, 0) is 11.3 Å². The molecule has 98 valence electrons. The molecule has 1 aliphatic rings. The average Bonchev–Trinajstić information content (AvgIpc) is 2.55. The molecule has 1 fully saturated rings. The quantitative estimate of drug-likeness (QED) is 0.834. The normalized spacial score (nSPS) is 20.8. The number of carbonyl (C=O) groups is 1. The molecule has 1 saturated heterocycles. The van der Waals surface area contributed by atoms with Gasteiger partial charge in [-0.25, -0.2) is 0 Å². The van der Waals surface area contributed by atoms with Gasteiger partial charge in [-0.1, -0.05) is 25.5 Å². The summed E-state index contributed by atoms with van der Waals surface area (Å²) in [6.07, 6.45) is 4.07. The first-order valence-corrected chi connectivity index (χ1v) is 6.81. The fraction of sp³-hybridized carbons (Fsp3) is 0.533. The van der Waals surface area contributed by atoms with Gasteiger partial charge in [-0.05, 0) is 36.5 Å². The van der Waals surface area contributed by atoms with Crippen LogP contribution >= 0.6 is 0 Å². The molecule has 1 amide bonds. The van der Waals surface area contributed by atoms with Crippen molar-refractivity contribution < 1.29 is 4.79 Å². The molecular weight excluding hydrogens is 224 g/mol. The smallest absolute Gasteiger partial charge is 0.222 e. The first-order chi connectivity index (χ1) is 8.69. The van der Waals surface area contributed by atoms with Gasteiger partial charge in [-0.2, -0.15) is 0 Å². The number of hydrogen-bond donors (Lipinski definition) is 1. The molecule has 18 heavy (non-hydrogen) atoms. The lowest BCUT2D eigenvalue weighted by atomic mass is 9.98. The van der Waals surface area contributed by atoms with Crippen molar-refractivity contribution in [1.29, 1.82) is 0 Å². The highest BCUT2D eigenvalue weighted by molar-refractivity contribution is 5.76. The number of nitrogens with zero attached hydrogens (tertiary/aromatic N) is 1. The number of likely N-dealkylation sites (tertiary alicyclic amines) is 1. The van der Waals surface area contributed by atoms with E-state index in [0.717, 1.165) is 37.2 Å². The largest absolute Gasteiger partial charge is 0.399 e. The van der Waals surface area contributed by atoms with Gasteiger partial charge < -0.3 is 10.6 Å². The predicted octanol–water partition coefficient (Wildman–Crippen LogP) is 2.81. The second kappa shape index (κ2) is 5.89. The van der Waals surface area contributed by atoms with Crippen molar-refractivity contribution in [1.82, 2.24) is 4.90 Å². The van der Waals surface area contributed by atoms with Crippen molar-refractivity contribution in [3.05, 3.63) is 29.8 Å². The maximum absolute atomic E-state index is 12.0. The highest BCUT2D eigenvalue weighted by Crippen LogP contribution is 2.22. The standard InChI is InChI=1S/C15H22N2O/c1-2-12-5-8-15(18)17(10-9-12)11-13-3-6-14(16)7-4-13/h3-4,6-7,12H,2,5,8-11,16H2,1H3. The summed E-state index contributed by atoms with van der Waals surface area (Å²) < 4.78 is 0. The maximum atomic E-state index is 12.0. The van der Waals surface area contributed by atoms with Crippen LogP contribution in [0.15, 0.2) is 24.3 Å². The number of hydrogen-bond acceptors (Lipinski definition) is 2. The minimum Gasteiger partial charge on any atom is -0.399 e. The highest BCUT2D eigenvalue weighted by atomic mass is 16.2. The van der Waals surface area contributed by atoms with E-state index >= 15 is 0 Å². The second-order valence-electron chi connectivity index (χ2n) is 5.16. The third-order valence-corrected chi connectivity index (χ3v) is 3.86. The predicted molar refractivity (Wildman–Crippen MR) is 73.9 cm³/mol. The lowest BCUT2D eigenvalue weighted by molar-refractivity contribution is -0.131. The molecule has 2 rings (SSSR count). The number of rotatable bonds is 3. The number of nitrogens with two attached hydrogens (primary N) is 1. The van der Waals surface area contributed by atoms with Crippen molar-refractivity contribution in [2.45, 2.75) is 39.2 Å². The summed E-state index contributed by atoms with van der Waals surface area (Å²) in [5, 5.41) is 0. The van der Waals surface area contributed by atoms with E-state index in [-0.39, 0.29) is 0 Å². The van der Waals surface area contributed by atoms with Crippen LogP contribution < -0.4 is 5.73 Å². The summed E-state index contributed by atoms with van der Waals surface area (Å²) in [4.78, 5) is 14.0. The van der Waals surface area contributed by atoms with Crippen LogP contribution in [0.4, 0.5) is 5.69 Å². The summed E-state index contributed by atoms with van der Waals surface area (Å²) in [5.74, 6) is 1.01.